The van der Waals surface area contributed by atoms with Crippen molar-refractivity contribution in [3.8, 4) is 0 Å². The summed E-state index contributed by atoms with van der Waals surface area (Å²) in [7, 11) is -3.83. The van der Waals surface area contributed by atoms with E-state index in [1.807, 2.05) is 38.1 Å². The standard InChI is InChI=1S/C29H30F2N4O3S2/c1-3-33(4-2)16-17-34(29-32-27-24(31)18-22(30)19-26(27)39-29)28(36)21-11-13-23(14-12-21)40(37,38)35-15-7-9-20-8-5-6-10-25(20)35/h5-6,8,10-14,18-19H,3-4,7,9,15-17H2,1-2H3. The zero-order chi connectivity index (χ0) is 28.4. The molecule has 0 saturated carbocycles. The number of rotatable bonds is 9. The van der Waals surface area contributed by atoms with Gasteiger partial charge in [-0.15, -0.1) is 0 Å². The van der Waals surface area contributed by atoms with E-state index in [2.05, 4.69) is 9.88 Å². The van der Waals surface area contributed by atoms with Crippen LogP contribution in [-0.2, 0) is 16.4 Å². The Bertz CT molecular complexity index is 1640. The maximum atomic E-state index is 14.4. The van der Waals surface area contributed by atoms with Crippen LogP contribution >= 0.6 is 11.3 Å². The molecule has 0 atom stereocenters. The lowest BCUT2D eigenvalue weighted by molar-refractivity contribution is 0.0983. The van der Waals surface area contributed by atoms with E-state index in [0.717, 1.165) is 48.9 Å². The number of likely N-dealkylation sites (N-methyl/N-ethyl adjacent to an activating group) is 1. The Hall–Kier alpha value is -3.41. The number of sulfonamides is 1. The third-order valence-electron chi connectivity index (χ3n) is 7.17. The molecular weight excluding hydrogens is 554 g/mol. The van der Waals surface area contributed by atoms with Crippen molar-refractivity contribution < 1.29 is 22.0 Å². The summed E-state index contributed by atoms with van der Waals surface area (Å²) in [6.07, 6.45) is 1.54. The van der Waals surface area contributed by atoms with Gasteiger partial charge in [0.15, 0.2) is 10.9 Å². The molecule has 11 heteroatoms. The van der Waals surface area contributed by atoms with Gasteiger partial charge in [-0.2, -0.15) is 0 Å². The molecule has 3 aromatic carbocycles. The lowest BCUT2D eigenvalue weighted by Crippen LogP contribution is -2.39. The number of hydrogen-bond donors (Lipinski definition) is 0. The van der Waals surface area contributed by atoms with Gasteiger partial charge >= 0.3 is 0 Å². The maximum Gasteiger partial charge on any atom is 0.264 e. The largest absolute Gasteiger partial charge is 0.302 e. The van der Waals surface area contributed by atoms with E-state index >= 15 is 0 Å². The molecule has 7 nitrogen and oxygen atoms in total. The molecule has 5 rings (SSSR count). The van der Waals surface area contributed by atoms with Gasteiger partial charge in [0.05, 0.1) is 15.3 Å². The highest BCUT2D eigenvalue weighted by atomic mass is 32.2. The van der Waals surface area contributed by atoms with Crippen LogP contribution < -0.4 is 9.21 Å². The van der Waals surface area contributed by atoms with Gasteiger partial charge in [0.2, 0.25) is 0 Å². The Morgan fingerprint density at radius 2 is 1.75 bits per heavy atom. The number of fused-ring (bicyclic) bond motifs is 2. The number of anilines is 2. The summed E-state index contributed by atoms with van der Waals surface area (Å²) in [5.41, 5.74) is 1.94. The van der Waals surface area contributed by atoms with Crippen molar-refractivity contribution in [2.45, 2.75) is 31.6 Å². The number of halogens is 2. The van der Waals surface area contributed by atoms with Crippen molar-refractivity contribution in [1.29, 1.82) is 0 Å². The first-order valence-corrected chi connectivity index (χ1v) is 15.5. The summed E-state index contributed by atoms with van der Waals surface area (Å²) < 4.78 is 57.0. The van der Waals surface area contributed by atoms with E-state index in [-0.39, 0.29) is 27.7 Å². The van der Waals surface area contributed by atoms with Gasteiger partial charge in [0, 0.05) is 31.3 Å². The van der Waals surface area contributed by atoms with Crippen molar-refractivity contribution in [2.24, 2.45) is 0 Å². The Balaban J connectivity index is 1.45. The zero-order valence-corrected chi connectivity index (χ0v) is 23.9. The summed E-state index contributed by atoms with van der Waals surface area (Å²) in [5, 5.41) is 0.248. The fraction of sp³-hybridized carbons (Fsp3) is 0.310. The van der Waals surface area contributed by atoms with Crippen molar-refractivity contribution >= 4 is 48.3 Å². The Labute approximate surface area is 236 Å². The second-order valence-corrected chi connectivity index (χ2v) is 12.4. The number of amides is 1. The first kappa shape index (κ1) is 28.1. The van der Waals surface area contributed by atoms with Crippen LogP contribution in [0.2, 0.25) is 0 Å². The zero-order valence-electron chi connectivity index (χ0n) is 22.3. The minimum absolute atomic E-state index is 0.00490. The first-order chi connectivity index (χ1) is 19.2. The number of carbonyl (C=O) groups is 1. The molecule has 1 aliphatic heterocycles. The van der Waals surface area contributed by atoms with Crippen LogP contribution in [0.1, 0.15) is 36.2 Å². The molecule has 4 aromatic rings. The number of aromatic nitrogens is 1. The quantitative estimate of drug-likeness (QED) is 0.252. The third-order valence-corrected chi connectivity index (χ3v) is 10.0. The van der Waals surface area contributed by atoms with Crippen molar-refractivity contribution in [2.75, 3.05) is 41.9 Å². The first-order valence-electron chi connectivity index (χ1n) is 13.2. The van der Waals surface area contributed by atoms with Gasteiger partial charge < -0.3 is 4.90 Å². The molecule has 1 amide bonds. The fourth-order valence-electron chi connectivity index (χ4n) is 4.93. The summed E-state index contributed by atoms with van der Waals surface area (Å²) >= 11 is 1.04. The molecule has 0 bridgehead atoms. The SMILES string of the molecule is CCN(CC)CCN(C(=O)c1ccc(S(=O)(=O)N2CCCc3ccccc32)cc1)c1nc2c(F)cc(F)cc2s1. The number of benzene rings is 3. The number of thiazole rings is 1. The molecule has 1 aliphatic rings. The fourth-order valence-corrected chi connectivity index (χ4v) is 7.50. The summed E-state index contributed by atoms with van der Waals surface area (Å²) in [6.45, 7) is 6.81. The second-order valence-electron chi connectivity index (χ2n) is 9.55. The van der Waals surface area contributed by atoms with Crippen molar-refractivity contribution in [3.63, 3.8) is 0 Å². The highest BCUT2D eigenvalue weighted by Gasteiger charge is 2.30. The maximum absolute atomic E-state index is 14.4. The molecule has 210 valence electrons. The third kappa shape index (κ3) is 5.45. The van der Waals surface area contributed by atoms with Gasteiger partial charge in [-0.25, -0.2) is 22.2 Å². The van der Waals surface area contributed by atoms with Crippen molar-refractivity contribution in [3.05, 3.63) is 83.4 Å². The summed E-state index contributed by atoms with van der Waals surface area (Å²) in [4.78, 5) is 21.7. The Morgan fingerprint density at radius 1 is 1.02 bits per heavy atom. The number of nitrogens with zero attached hydrogens (tertiary/aromatic N) is 4. The number of para-hydroxylation sites is 1. The van der Waals surface area contributed by atoms with E-state index in [9.17, 15) is 22.0 Å². The average Bonchev–Trinajstić information content (AvgIpc) is 3.39. The normalized spacial score (nSPS) is 13.6. The summed E-state index contributed by atoms with van der Waals surface area (Å²) in [5.74, 6) is -1.91. The highest BCUT2D eigenvalue weighted by Crippen LogP contribution is 2.34. The van der Waals surface area contributed by atoms with E-state index < -0.39 is 27.6 Å². The summed E-state index contributed by atoms with van der Waals surface area (Å²) in [6, 6.07) is 15.3. The number of carbonyl (C=O) groups excluding carboxylic acids is 1. The lowest BCUT2D eigenvalue weighted by atomic mass is 10.0. The molecule has 40 heavy (non-hydrogen) atoms. The van der Waals surface area contributed by atoms with E-state index in [4.69, 9.17) is 0 Å². The number of hydrogen-bond acceptors (Lipinski definition) is 6. The van der Waals surface area contributed by atoms with Gasteiger partial charge in [0.1, 0.15) is 11.3 Å². The van der Waals surface area contributed by atoms with Crippen LogP contribution in [0.5, 0.6) is 0 Å². The predicted octanol–water partition coefficient (Wildman–Crippen LogP) is 5.70. The predicted molar refractivity (Wildman–Crippen MR) is 155 cm³/mol. The van der Waals surface area contributed by atoms with Crippen LogP contribution in [0.25, 0.3) is 10.2 Å². The minimum atomic E-state index is -3.83. The monoisotopic (exact) mass is 584 g/mol. The molecule has 0 fully saturated rings. The average molecular weight is 585 g/mol. The van der Waals surface area contributed by atoms with Crippen molar-refractivity contribution in [1.82, 2.24) is 9.88 Å². The number of aryl methyl sites for hydroxylation is 1. The van der Waals surface area contributed by atoms with Gasteiger partial charge in [-0.3, -0.25) is 14.0 Å². The molecule has 0 radical (unpaired) electrons. The molecule has 0 aliphatic carbocycles. The van der Waals surface area contributed by atoms with E-state index in [0.29, 0.717) is 23.5 Å². The van der Waals surface area contributed by atoms with Gasteiger partial charge in [-0.05, 0) is 67.9 Å². The molecule has 1 aromatic heterocycles. The Kier molecular flexibility index (Phi) is 8.16. The van der Waals surface area contributed by atoms with Crippen LogP contribution in [0, 0.1) is 11.6 Å². The van der Waals surface area contributed by atoms with Crippen LogP contribution in [-0.4, -0.2) is 56.9 Å². The molecule has 0 N–H and O–H groups in total. The second kappa shape index (κ2) is 11.6. The smallest absolute Gasteiger partial charge is 0.264 e. The van der Waals surface area contributed by atoms with Crippen LogP contribution in [0.15, 0.2) is 65.6 Å². The van der Waals surface area contributed by atoms with Gasteiger partial charge in [-0.1, -0.05) is 43.4 Å². The minimum Gasteiger partial charge on any atom is -0.302 e. The topological polar surface area (TPSA) is 73.8 Å². The van der Waals surface area contributed by atoms with Crippen LogP contribution in [0.4, 0.5) is 19.6 Å². The van der Waals surface area contributed by atoms with E-state index in [1.165, 1.54) is 39.5 Å². The molecule has 0 spiro atoms. The molecule has 0 saturated heterocycles. The highest BCUT2D eigenvalue weighted by molar-refractivity contribution is 7.92. The van der Waals surface area contributed by atoms with Gasteiger partial charge in [0.25, 0.3) is 15.9 Å². The molecule has 2 heterocycles. The van der Waals surface area contributed by atoms with Crippen LogP contribution in [0.3, 0.4) is 0 Å². The molecule has 0 unspecified atom stereocenters. The lowest BCUT2D eigenvalue weighted by Gasteiger charge is -2.30. The van der Waals surface area contributed by atoms with E-state index in [1.54, 1.807) is 0 Å². The molecular formula is C29H30F2N4O3S2. The Morgan fingerprint density at radius 3 is 2.48 bits per heavy atom.